The van der Waals surface area contributed by atoms with E-state index in [0.29, 0.717) is 41.9 Å². The van der Waals surface area contributed by atoms with Crippen molar-refractivity contribution in [2.45, 2.75) is 96.3 Å². The zero-order chi connectivity index (χ0) is 22.2. The van der Waals surface area contributed by atoms with E-state index in [1.54, 1.807) is 12.1 Å². The van der Waals surface area contributed by atoms with Crippen LogP contribution in [0.3, 0.4) is 0 Å². The molecule has 0 saturated carbocycles. The van der Waals surface area contributed by atoms with Gasteiger partial charge in [-0.1, -0.05) is 57.3 Å². The number of benzene rings is 1. The van der Waals surface area contributed by atoms with E-state index in [-0.39, 0.29) is 17.2 Å². The third-order valence-corrected chi connectivity index (χ3v) is 7.83. The molecule has 0 aliphatic carbocycles. The molecule has 0 spiro atoms. The summed E-state index contributed by atoms with van der Waals surface area (Å²) in [4.78, 5) is 27.7. The van der Waals surface area contributed by atoms with Crippen LogP contribution in [-0.4, -0.2) is 47.2 Å². The van der Waals surface area contributed by atoms with Crippen molar-refractivity contribution in [2.24, 2.45) is 11.3 Å². The summed E-state index contributed by atoms with van der Waals surface area (Å²) >= 11 is 6.00. The van der Waals surface area contributed by atoms with Gasteiger partial charge in [0.2, 0.25) is 0 Å². The predicted molar refractivity (Wildman–Crippen MR) is 126 cm³/mol. The molecule has 3 aliphatic rings. The van der Waals surface area contributed by atoms with Crippen LogP contribution in [0.25, 0.3) is 0 Å². The summed E-state index contributed by atoms with van der Waals surface area (Å²) < 4.78 is 0. The summed E-state index contributed by atoms with van der Waals surface area (Å²) in [6, 6.07) is 8.81. The first-order valence-corrected chi connectivity index (χ1v) is 12.4. The van der Waals surface area contributed by atoms with E-state index in [1.807, 2.05) is 12.1 Å². The smallest absolute Gasteiger partial charge is 0.165 e. The Labute approximate surface area is 192 Å². The first-order chi connectivity index (χ1) is 14.7. The normalized spacial score (nSPS) is 30.4. The summed E-state index contributed by atoms with van der Waals surface area (Å²) in [6.07, 6.45) is 8.76. The molecule has 1 aromatic rings. The van der Waals surface area contributed by atoms with E-state index in [0.717, 1.165) is 24.3 Å². The van der Waals surface area contributed by atoms with Crippen LogP contribution in [0.5, 0.6) is 0 Å². The molecule has 0 amide bonds. The number of nitrogens with one attached hydrogen (secondary N) is 1. The van der Waals surface area contributed by atoms with Crippen LogP contribution < -0.4 is 5.32 Å². The van der Waals surface area contributed by atoms with Crippen LogP contribution in [0.2, 0.25) is 5.02 Å². The summed E-state index contributed by atoms with van der Waals surface area (Å²) in [6.45, 7) is 7.24. The molecule has 0 aromatic heterocycles. The van der Waals surface area contributed by atoms with E-state index < -0.39 is 0 Å². The minimum Gasteiger partial charge on any atom is -0.301 e. The van der Waals surface area contributed by atoms with Gasteiger partial charge in [-0.05, 0) is 55.6 Å². The number of nitrogens with zero attached hydrogens (tertiary/aromatic N) is 1. The maximum atomic E-state index is 12.8. The molecule has 3 aliphatic heterocycles. The molecule has 4 rings (SSSR count). The molecule has 170 valence electrons. The number of hydrogen-bond acceptors (Lipinski definition) is 4. The van der Waals surface area contributed by atoms with Gasteiger partial charge in [0.05, 0.1) is 12.6 Å². The summed E-state index contributed by atoms with van der Waals surface area (Å²) in [7, 11) is 0. The van der Waals surface area contributed by atoms with E-state index in [9.17, 15) is 9.59 Å². The number of unbranched alkanes of at least 4 members (excludes halogenated alkanes) is 1. The molecular weight excluding hydrogens is 408 g/mol. The SMILES string of the molecule is CC(C)(C)[C@@H]1N[C@@H]1C(=O)CN1C2CC[C@@H]1CC(CCCCC(=O)c1cccc(Cl)c1)C2. The number of rotatable bonds is 9. The molecule has 5 atom stereocenters. The highest BCUT2D eigenvalue weighted by atomic mass is 35.5. The molecule has 1 aromatic carbocycles. The quantitative estimate of drug-likeness (QED) is 0.319. The Balaban J connectivity index is 1.18. The fraction of sp³-hybridized carbons (Fsp3) is 0.692. The molecular formula is C26H37ClN2O2. The molecule has 3 heterocycles. The molecule has 0 radical (unpaired) electrons. The molecule has 1 N–H and O–H groups in total. The molecule has 3 fully saturated rings. The second-order valence-electron chi connectivity index (χ2n) is 11.0. The fourth-order valence-corrected chi connectivity index (χ4v) is 6.04. The van der Waals surface area contributed by atoms with Gasteiger partial charge in [-0.15, -0.1) is 0 Å². The second kappa shape index (κ2) is 9.33. The number of halogens is 1. The average molecular weight is 445 g/mol. The fourth-order valence-electron chi connectivity index (χ4n) is 5.85. The third kappa shape index (κ3) is 5.58. The lowest BCUT2D eigenvalue weighted by Gasteiger charge is -2.38. The first kappa shape index (κ1) is 22.9. The Morgan fingerprint density at radius 1 is 1.13 bits per heavy atom. The zero-order valence-electron chi connectivity index (χ0n) is 19.2. The van der Waals surface area contributed by atoms with Crippen LogP contribution >= 0.6 is 11.6 Å². The van der Waals surface area contributed by atoms with Crippen molar-refractivity contribution >= 4 is 23.2 Å². The van der Waals surface area contributed by atoms with Crippen molar-refractivity contribution < 1.29 is 9.59 Å². The standard InChI is InChI=1S/C26H37ClN2O2/c1-26(2,3)25-24(28-25)23(31)16-29-20-11-12-21(29)14-17(13-20)7-4-5-10-22(30)18-8-6-9-19(27)15-18/h6,8-9,15,17,20-21,24-25,28H,4-5,7,10-14,16H2,1-3H3/t17?,20-,21?,24-,25-/m1/s1. The van der Waals surface area contributed by atoms with Crippen LogP contribution in [0.4, 0.5) is 0 Å². The van der Waals surface area contributed by atoms with Crippen molar-refractivity contribution in [2.75, 3.05) is 6.54 Å². The van der Waals surface area contributed by atoms with E-state index in [1.165, 1.54) is 32.1 Å². The van der Waals surface area contributed by atoms with Gasteiger partial charge in [0.1, 0.15) is 0 Å². The summed E-state index contributed by atoms with van der Waals surface area (Å²) in [5, 5.41) is 4.03. The van der Waals surface area contributed by atoms with Gasteiger partial charge in [-0.25, -0.2) is 0 Å². The topological polar surface area (TPSA) is 59.3 Å². The van der Waals surface area contributed by atoms with Gasteiger partial charge in [0, 0.05) is 35.1 Å². The summed E-state index contributed by atoms with van der Waals surface area (Å²) in [5.74, 6) is 1.32. The van der Waals surface area contributed by atoms with Crippen molar-refractivity contribution in [1.29, 1.82) is 0 Å². The highest BCUT2D eigenvalue weighted by Gasteiger charge is 2.50. The Kier molecular flexibility index (Phi) is 6.90. The third-order valence-electron chi connectivity index (χ3n) is 7.60. The Morgan fingerprint density at radius 3 is 2.45 bits per heavy atom. The zero-order valence-corrected chi connectivity index (χ0v) is 20.0. The number of ketones is 2. The number of carbonyl (C=O) groups excluding carboxylic acids is 2. The van der Waals surface area contributed by atoms with Crippen LogP contribution in [-0.2, 0) is 4.79 Å². The minimum absolute atomic E-state index is 0.0640. The number of carbonyl (C=O) groups is 2. The van der Waals surface area contributed by atoms with Gasteiger partial charge in [-0.3, -0.25) is 14.5 Å². The van der Waals surface area contributed by atoms with E-state index in [2.05, 4.69) is 31.0 Å². The van der Waals surface area contributed by atoms with Crippen molar-refractivity contribution in [3.63, 3.8) is 0 Å². The molecule has 31 heavy (non-hydrogen) atoms. The van der Waals surface area contributed by atoms with Gasteiger partial charge in [0.25, 0.3) is 0 Å². The van der Waals surface area contributed by atoms with Crippen LogP contribution in [0.15, 0.2) is 24.3 Å². The lowest BCUT2D eigenvalue weighted by Crippen LogP contribution is -2.46. The lowest BCUT2D eigenvalue weighted by atomic mass is 9.85. The molecule has 5 heteroatoms. The van der Waals surface area contributed by atoms with E-state index in [4.69, 9.17) is 11.6 Å². The maximum absolute atomic E-state index is 12.8. The largest absolute Gasteiger partial charge is 0.301 e. The highest BCUT2D eigenvalue weighted by Crippen LogP contribution is 2.41. The number of piperidine rings is 1. The van der Waals surface area contributed by atoms with Crippen molar-refractivity contribution in [3.8, 4) is 0 Å². The van der Waals surface area contributed by atoms with Crippen molar-refractivity contribution in [1.82, 2.24) is 10.2 Å². The summed E-state index contributed by atoms with van der Waals surface area (Å²) in [5.41, 5.74) is 0.878. The maximum Gasteiger partial charge on any atom is 0.165 e. The van der Waals surface area contributed by atoms with Crippen LogP contribution in [0.1, 0.15) is 82.5 Å². The van der Waals surface area contributed by atoms with Gasteiger partial charge >= 0.3 is 0 Å². The van der Waals surface area contributed by atoms with Crippen molar-refractivity contribution in [3.05, 3.63) is 34.9 Å². The van der Waals surface area contributed by atoms with Gasteiger partial charge in [0.15, 0.2) is 11.6 Å². The number of Topliss-reactive ketones (excluding diaryl/α,β-unsaturated/α-hetero) is 2. The first-order valence-electron chi connectivity index (χ1n) is 12.1. The Bertz CT molecular complexity index is 804. The Hall–Kier alpha value is -1.23. The second-order valence-corrected chi connectivity index (χ2v) is 11.5. The van der Waals surface area contributed by atoms with Gasteiger partial charge in [-0.2, -0.15) is 0 Å². The molecule has 2 unspecified atom stereocenters. The lowest BCUT2D eigenvalue weighted by molar-refractivity contribution is -0.121. The monoisotopic (exact) mass is 444 g/mol. The highest BCUT2D eigenvalue weighted by molar-refractivity contribution is 6.31. The molecule has 3 saturated heterocycles. The molecule has 4 nitrogen and oxygen atoms in total. The van der Waals surface area contributed by atoms with E-state index >= 15 is 0 Å². The van der Waals surface area contributed by atoms with Gasteiger partial charge < -0.3 is 5.32 Å². The number of hydrogen-bond donors (Lipinski definition) is 1. The Morgan fingerprint density at radius 2 is 1.84 bits per heavy atom. The van der Waals surface area contributed by atoms with Crippen LogP contribution in [0, 0.1) is 11.3 Å². The number of fused-ring (bicyclic) bond motifs is 2. The average Bonchev–Trinajstić information content (AvgIpc) is 3.49. The molecule has 2 bridgehead atoms. The minimum atomic E-state index is 0.0640. The predicted octanol–water partition coefficient (Wildman–Crippen LogP) is 5.28.